The lowest BCUT2D eigenvalue weighted by atomic mass is 9.82. The lowest BCUT2D eigenvalue weighted by molar-refractivity contribution is -0.361. The zero-order valence-corrected chi connectivity index (χ0v) is 9.27. The second kappa shape index (κ2) is 2.93. The molecule has 1 aromatic rings. The molecule has 0 amide bonds. The van der Waals surface area contributed by atoms with E-state index in [9.17, 15) is 14.0 Å². The predicted octanol–water partition coefficient (Wildman–Crippen LogP) is 2.44. The third-order valence-electron chi connectivity index (χ3n) is 3.31. The third kappa shape index (κ3) is 1.08. The summed E-state index contributed by atoms with van der Waals surface area (Å²) in [6.07, 6.45) is 0. The predicted molar refractivity (Wildman–Crippen MR) is 57.8 cm³/mol. The van der Waals surface area contributed by atoms with Gasteiger partial charge in [0.25, 0.3) is 5.69 Å². The first-order chi connectivity index (χ1) is 7.28. The van der Waals surface area contributed by atoms with Crippen LogP contribution >= 0.6 is 0 Å². The number of nitrogens with zero attached hydrogens (tertiary/aromatic N) is 1. The van der Waals surface area contributed by atoms with Gasteiger partial charge in [-0.05, 0) is 19.9 Å². The van der Waals surface area contributed by atoms with Crippen LogP contribution in [0.4, 0.5) is 20.2 Å². The molecule has 0 atom stereocenters. The van der Waals surface area contributed by atoms with Gasteiger partial charge in [-0.2, -0.15) is 9.13 Å². The van der Waals surface area contributed by atoms with E-state index in [2.05, 4.69) is 0 Å². The van der Waals surface area contributed by atoms with Gasteiger partial charge in [0.15, 0.2) is 5.71 Å². The Bertz CT molecular complexity index is 521. The lowest BCUT2D eigenvalue weighted by Crippen LogP contribution is -2.25. The quantitative estimate of drug-likeness (QED) is 0.419. The molecule has 0 radical (unpaired) electrons. The van der Waals surface area contributed by atoms with Crippen molar-refractivity contribution in [3.63, 3.8) is 0 Å². The summed E-state index contributed by atoms with van der Waals surface area (Å²) in [7, 11) is 0. The van der Waals surface area contributed by atoms with Gasteiger partial charge in [0.05, 0.1) is 5.41 Å². The maximum atomic E-state index is 13.7. The van der Waals surface area contributed by atoms with Gasteiger partial charge in [-0.25, -0.2) is 4.39 Å². The van der Waals surface area contributed by atoms with Gasteiger partial charge in [0.1, 0.15) is 11.5 Å². The normalized spacial score (nSPS) is 17.8. The van der Waals surface area contributed by atoms with E-state index in [1.165, 1.54) is 0 Å². The maximum absolute atomic E-state index is 13.7. The third-order valence-corrected chi connectivity index (χ3v) is 3.31. The van der Waals surface area contributed by atoms with Crippen molar-refractivity contribution in [3.05, 3.63) is 28.5 Å². The van der Waals surface area contributed by atoms with E-state index in [0.717, 1.165) is 6.07 Å². The highest BCUT2D eigenvalue weighted by Gasteiger charge is 2.44. The van der Waals surface area contributed by atoms with Crippen LogP contribution in [0.5, 0.6) is 0 Å². The number of nitrogen functional groups attached to an aromatic ring is 1. The minimum atomic E-state index is -0.977. The largest absolute Gasteiger partial charge is 0.618 e. The van der Waals surface area contributed by atoms with E-state index in [4.69, 9.17) is 5.73 Å². The number of nitrogens with two attached hydrogens (primary N) is 1. The van der Waals surface area contributed by atoms with Gasteiger partial charge in [-0.3, -0.25) is 0 Å². The van der Waals surface area contributed by atoms with E-state index < -0.39 is 22.7 Å². The van der Waals surface area contributed by atoms with Crippen LogP contribution in [-0.4, -0.2) is 10.5 Å². The van der Waals surface area contributed by atoms with Crippen molar-refractivity contribution in [2.45, 2.75) is 26.2 Å². The van der Waals surface area contributed by atoms with Crippen molar-refractivity contribution in [2.75, 3.05) is 5.73 Å². The molecule has 1 aliphatic heterocycles. The molecule has 2 rings (SSSR count). The van der Waals surface area contributed by atoms with Crippen molar-refractivity contribution < 1.29 is 13.5 Å². The highest BCUT2D eigenvalue weighted by Crippen LogP contribution is 2.42. The number of fused-ring (bicyclic) bond motifs is 1. The summed E-state index contributed by atoms with van der Waals surface area (Å²) < 4.78 is 27.5. The summed E-state index contributed by atoms with van der Waals surface area (Å²) in [6.45, 7) is 5.09. The smallest absolute Gasteiger partial charge is 0.259 e. The average molecular weight is 226 g/mol. The summed E-state index contributed by atoms with van der Waals surface area (Å²) in [4.78, 5) is 0. The Morgan fingerprint density at radius 3 is 2.50 bits per heavy atom. The minimum absolute atomic E-state index is 0.165. The Labute approximate surface area is 91.8 Å². The van der Waals surface area contributed by atoms with Crippen LogP contribution in [-0.2, 0) is 5.41 Å². The molecule has 0 spiro atoms. The van der Waals surface area contributed by atoms with Gasteiger partial charge < -0.3 is 10.9 Å². The number of halogens is 2. The van der Waals surface area contributed by atoms with Crippen LogP contribution in [0, 0.1) is 16.8 Å². The molecule has 0 saturated carbocycles. The Hall–Kier alpha value is -1.65. The van der Waals surface area contributed by atoms with Gasteiger partial charge in [0, 0.05) is 12.5 Å². The first kappa shape index (κ1) is 10.9. The van der Waals surface area contributed by atoms with Gasteiger partial charge >= 0.3 is 0 Å². The molecule has 0 saturated heterocycles. The van der Waals surface area contributed by atoms with Crippen LogP contribution in [0.25, 0.3) is 0 Å². The molecular formula is C11H12F2N2O. The topological polar surface area (TPSA) is 52.1 Å². The molecule has 3 nitrogen and oxygen atoms in total. The number of hydrogen-bond donors (Lipinski definition) is 1. The molecule has 86 valence electrons. The second-order valence-electron chi connectivity index (χ2n) is 4.49. The fourth-order valence-corrected chi connectivity index (χ4v) is 1.91. The lowest BCUT2D eigenvalue weighted by Gasteiger charge is -2.15. The molecule has 0 fully saturated rings. The van der Waals surface area contributed by atoms with Gasteiger partial charge in [-0.15, -0.1) is 0 Å². The van der Waals surface area contributed by atoms with Crippen molar-refractivity contribution in [2.24, 2.45) is 0 Å². The molecule has 0 unspecified atom stereocenters. The first-order valence-electron chi connectivity index (χ1n) is 4.87. The molecule has 2 N–H and O–H groups in total. The van der Waals surface area contributed by atoms with Crippen molar-refractivity contribution in [1.82, 2.24) is 0 Å². The molecule has 16 heavy (non-hydrogen) atoms. The molecule has 0 aliphatic carbocycles. The number of rotatable bonds is 0. The summed E-state index contributed by atoms with van der Waals surface area (Å²) in [5, 5.41) is 11.8. The molecule has 1 aliphatic rings. The molecule has 0 bridgehead atoms. The standard InChI is InChI=1S/C11H12F2N2O/c1-5-11(2,3)6-4-7(12)9(14)8(13)10(6)15(5)16/h4H,14H2,1-3H3. The summed E-state index contributed by atoms with van der Waals surface area (Å²) in [5.41, 5.74) is 4.54. The van der Waals surface area contributed by atoms with E-state index in [0.29, 0.717) is 16.0 Å². The SMILES string of the molecule is CC1=[N+]([O-])c2c(cc(F)c(N)c2F)C1(C)C. The molecular weight excluding hydrogens is 214 g/mol. The monoisotopic (exact) mass is 226 g/mol. The van der Waals surface area contributed by atoms with Crippen molar-refractivity contribution in [1.29, 1.82) is 0 Å². The number of hydrogen-bond acceptors (Lipinski definition) is 2. The van der Waals surface area contributed by atoms with Crippen LogP contribution in [0.2, 0.25) is 0 Å². The average Bonchev–Trinajstić information content (AvgIpc) is 2.37. The molecule has 1 aromatic carbocycles. The van der Waals surface area contributed by atoms with Gasteiger partial charge in [0.2, 0.25) is 5.82 Å². The summed E-state index contributed by atoms with van der Waals surface area (Å²) in [6, 6.07) is 1.13. The fourth-order valence-electron chi connectivity index (χ4n) is 1.91. The second-order valence-corrected chi connectivity index (χ2v) is 4.49. The van der Waals surface area contributed by atoms with E-state index in [-0.39, 0.29) is 5.69 Å². The Kier molecular flexibility index (Phi) is 1.99. The maximum Gasteiger partial charge on any atom is 0.259 e. The van der Waals surface area contributed by atoms with E-state index in [1.54, 1.807) is 20.8 Å². The van der Waals surface area contributed by atoms with Crippen LogP contribution < -0.4 is 5.73 Å². The Balaban J connectivity index is 2.87. The minimum Gasteiger partial charge on any atom is -0.618 e. The number of anilines is 1. The highest BCUT2D eigenvalue weighted by molar-refractivity contribution is 5.93. The van der Waals surface area contributed by atoms with Crippen molar-refractivity contribution in [3.8, 4) is 0 Å². The molecule has 0 aromatic heterocycles. The zero-order chi connectivity index (χ0) is 12.2. The van der Waals surface area contributed by atoms with Crippen LogP contribution in [0.15, 0.2) is 6.07 Å². The highest BCUT2D eigenvalue weighted by atomic mass is 19.1. The Morgan fingerprint density at radius 2 is 1.94 bits per heavy atom. The number of benzene rings is 1. The molecule has 1 heterocycles. The van der Waals surface area contributed by atoms with Crippen LogP contribution in [0.3, 0.4) is 0 Å². The Morgan fingerprint density at radius 1 is 1.38 bits per heavy atom. The van der Waals surface area contributed by atoms with Crippen LogP contribution in [0.1, 0.15) is 26.3 Å². The fraction of sp³-hybridized carbons (Fsp3) is 0.364. The molecule has 5 heteroatoms. The first-order valence-corrected chi connectivity index (χ1v) is 4.87. The van der Waals surface area contributed by atoms with Gasteiger partial charge in [-0.1, -0.05) is 0 Å². The zero-order valence-electron chi connectivity index (χ0n) is 9.27. The summed E-state index contributed by atoms with van der Waals surface area (Å²) >= 11 is 0. The summed E-state index contributed by atoms with van der Waals surface area (Å²) in [5.74, 6) is -1.80. The van der Waals surface area contributed by atoms with Crippen molar-refractivity contribution >= 4 is 17.1 Å². The van der Waals surface area contributed by atoms with E-state index in [1.807, 2.05) is 0 Å². The van der Waals surface area contributed by atoms with E-state index >= 15 is 0 Å².